The standard InChI is InChI=1S/C21H24N2O5S/c1-14-9-15(2)12-23(11-14)29(25,26)18-6-4-17(5-7-18)22-21(24)16-3-8-19-20(10-16)28-13-27-19/h3-8,10,14-15H,9,11-13H2,1-2H3,(H,22,24)/t14-,15-/m0/s1. The summed E-state index contributed by atoms with van der Waals surface area (Å²) in [6.45, 7) is 5.37. The van der Waals surface area contributed by atoms with Gasteiger partial charge in [0.1, 0.15) is 0 Å². The Kier molecular flexibility index (Phi) is 5.23. The first-order valence-corrected chi connectivity index (χ1v) is 11.1. The minimum Gasteiger partial charge on any atom is -0.454 e. The molecule has 1 fully saturated rings. The average molecular weight is 416 g/mol. The predicted molar refractivity (Wildman–Crippen MR) is 109 cm³/mol. The van der Waals surface area contributed by atoms with Gasteiger partial charge >= 0.3 is 0 Å². The van der Waals surface area contributed by atoms with E-state index in [2.05, 4.69) is 19.2 Å². The van der Waals surface area contributed by atoms with Crippen LogP contribution in [0.5, 0.6) is 11.5 Å². The normalized spacial score (nSPS) is 21.7. The molecule has 2 aromatic carbocycles. The van der Waals surface area contributed by atoms with Crippen LogP contribution in [0.1, 0.15) is 30.6 Å². The number of carbonyl (C=O) groups excluding carboxylic acids is 1. The third-order valence-corrected chi connectivity index (χ3v) is 7.07. The van der Waals surface area contributed by atoms with Crippen LogP contribution in [0.2, 0.25) is 0 Å². The molecular weight excluding hydrogens is 392 g/mol. The Hall–Kier alpha value is -2.58. The van der Waals surface area contributed by atoms with Crippen LogP contribution in [0.15, 0.2) is 47.4 Å². The smallest absolute Gasteiger partial charge is 0.255 e. The highest BCUT2D eigenvalue weighted by molar-refractivity contribution is 7.89. The van der Waals surface area contributed by atoms with Crippen LogP contribution in [0.4, 0.5) is 5.69 Å². The maximum Gasteiger partial charge on any atom is 0.255 e. The molecule has 29 heavy (non-hydrogen) atoms. The molecule has 0 unspecified atom stereocenters. The number of sulfonamides is 1. The summed E-state index contributed by atoms with van der Waals surface area (Å²) < 4.78 is 38.0. The fraction of sp³-hybridized carbons (Fsp3) is 0.381. The summed E-state index contributed by atoms with van der Waals surface area (Å²) in [5.41, 5.74) is 0.953. The van der Waals surface area contributed by atoms with Crippen molar-refractivity contribution in [2.75, 3.05) is 25.2 Å². The maximum atomic E-state index is 13.0. The zero-order valence-corrected chi connectivity index (χ0v) is 17.2. The SMILES string of the molecule is C[C@H]1C[C@H](C)CN(S(=O)(=O)c2ccc(NC(=O)c3ccc4c(c3)OCO4)cc2)C1. The number of benzene rings is 2. The van der Waals surface area contributed by atoms with Gasteiger partial charge < -0.3 is 14.8 Å². The van der Waals surface area contributed by atoms with Crippen molar-refractivity contribution in [2.24, 2.45) is 11.8 Å². The van der Waals surface area contributed by atoms with E-state index in [9.17, 15) is 13.2 Å². The van der Waals surface area contributed by atoms with Crippen LogP contribution >= 0.6 is 0 Å². The highest BCUT2D eigenvalue weighted by atomic mass is 32.2. The number of fused-ring (bicyclic) bond motifs is 1. The van der Waals surface area contributed by atoms with E-state index in [-0.39, 0.29) is 17.6 Å². The molecule has 8 heteroatoms. The monoisotopic (exact) mass is 416 g/mol. The van der Waals surface area contributed by atoms with Gasteiger partial charge in [0.2, 0.25) is 16.8 Å². The van der Waals surface area contributed by atoms with Crippen molar-refractivity contribution in [3.63, 3.8) is 0 Å². The fourth-order valence-electron chi connectivity index (χ4n) is 3.90. The molecule has 2 aromatic rings. The third-order valence-electron chi connectivity index (χ3n) is 5.22. The molecule has 2 aliphatic heterocycles. The van der Waals surface area contributed by atoms with Crippen molar-refractivity contribution >= 4 is 21.6 Å². The molecule has 0 bridgehead atoms. The molecule has 1 amide bonds. The Morgan fingerprint density at radius 1 is 1.00 bits per heavy atom. The summed E-state index contributed by atoms with van der Waals surface area (Å²) >= 11 is 0. The van der Waals surface area contributed by atoms with E-state index < -0.39 is 10.0 Å². The lowest BCUT2D eigenvalue weighted by Gasteiger charge is -2.34. The second-order valence-corrected chi connectivity index (χ2v) is 9.75. The van der Waals surface area contributed by atoms with Gasteiger partial charge in [0.15, 0.2) is 11.5 Å². The van der Waals surface area contributed by atoms with Gasteiger partial charge in [-0.2, -0.15) is 4.31 Å². The van der Waals surface area contributed by atoms with E-state index in [0.717, 1.165) is 6.42 Å². The number of rotatable bonds is 4. The highest BCUT2D eigenvalue weighted by Gasteiger charge is 2.31. The van der Waals surface area contributed by atoms with E-state index in [4.69, 9.17) is 9.47 Å². The fourth-order valence-corrected chi connectivity index (χ4v) is 5.58. The molecule has 0 spiro atoms. The minimum absolute atomic E-state index is 0.144. The molecule has 2 aliphatic rings. The number of piperidine rings is 1. The predicted octanol–water partition coefficient (Wildman–Crippen LogP) is 3.33. The first kappa shape index (κ1) is 19.7. The Morgan fingerprint density at radius 2 is 1.66 bits per heavy atom. The van der Waals surface area contributed by atoms with E-state index in [1.165, 1.54) is 12.1 Å². The van der Waals surface area contributed by atoms with Gasteiger partial charge in [-0.25, -0.2) is 8.42 Å². The number of nitrogens with one attached hydrogen (secondary N) is 1. The number of nitrogens with zero attached hydrogens (tertiary/aromatic N) is 1. The van der Waals surface area contributed by atoms with E-state index >= 15 is 0 Å². The molecule has 0 aliphatic carbocycles. The lowest BCUT2D eigenvalue weighted by atomic mass is 9.94. The van der Waals surface area contributed by atoms with Crippen LogP contribution in [0.25, 0.3) is 0 Å². The molecule has 154 valence electrons. The van der Waals surface area contributed by atoms with Gasteiger partial charge in [-0.1, -0.05) is 13.8 Å². The van der Waals surface area contributed by atoms with Crippen LogP contribution in [0, 0.1) is 11.8 Å². The molecule has 0 aromatic heterocycles. The quantitative estimate of drug-likeness (QED) is 0.826. The van der Waals surface area contributed by atoms with Crippen LogP contribution < -0.4 is 14.8 Å². The molecule has 2 atom stereocenters. The maximum absolute atomic E-state index is 13.0. The van der Waals surface area contributed by atoms with Gasteiger partial charge in [-0.05, 0) is 60.7 Å². The van der Waals surface area contributed by atoms with Crippen molar-refractivity contribution in [2.45, 2.75) is 25.2 Å². The number of ether oxygens (including phenoxy) is 2. The summed E-state index contributed by atoms with van der Waals surface area (Å²) in [7, 11) is -3.54. The van der Waals surface area contributed by atoms with Gasteiger partial charge in [-0.15, -0.1) is 0 Å². The van der Waals surface area contributed by atoms with Crippen LogP contribution in [0.3, 0.4) is 0 Å². The molecular formula is C21H24N2O5S. The van der Waals surface area contributed by atoms with Crippen molar-refractivity contribution in [3.05, 3.63) is 48.0 Å². The zero-order chi connectivity index (χ0) is 20.6. The topological polar surface area (TPSA) is 84.9 Å². The lowest BCUT2D eigenvalue weighted by Crippen LogP contribution is -2.42. The van der Waals surface area contributed by atoms with Gasteiger partial charge in [0, 0.05) is 24.3 Å². The Balaban J connectivity index is 1.47. The Morgan fingerprint density at radius 3 is 2.34 bits per heavy atom. The number of hydrogen-bond donors (Lipinski definition) is 1. The van der Waals surface area contributed by atoms with Crippen molar-refractivity contribution in [1.82, 2.24) is 4.31 Å². The number of anilines is 1. The van der Waals surface area contributed by atoms with E-state index in [1.54, 1.807) is 34.6 Å². The second-order valence-electron chi connectivity index (χ2n) is 7.81. The first-order chi connectivity index (χ1) is 13.8. The molecule has 0 radical (unpaired) electrons. The Labute approximate surface area is 170 Å². The second kappa shape index (κ2) is 7.68. The van der Waals surface area contributed by atoms with Crippen LogP contribution in [-0.2, 0) is 10.0 Å². The molecule has 1 saturated heterocycles. The Bertz CT molecular complexity index is 1010. The summed E-state index contributed by atoms with van der Waals surface area (Å²) in [6, 6.07) is 11.2. The van der Waals surface area contributed by atoms with Gasteiger partial charge in [0.25, 0.3) is 5.91 Å². The summed E-state index contributed by atoms with van der Waals surface area (Å²) in [6.07, 6.45) is 1.04. The zero-order valence-electron chi connectivity index (χ0n) is 16.4. The van der Waals surface area contributed by atoms with Crippen molar-refractivity contribution in [3.8, 4) is 11.5 Å². The number of carbonyl (C=O) groups is 1. The number of hydrogen-bond acceptors (Lipinski definition) is 5. The lowest BCUT2D eigenvalue weighted by molar-refractivity contribution is 0.102. The average Bonchev–Trinajstić information content (AvgIpc) is 3.15. The van der Waals surface area contributed by atoms with E-state index in [1.807, 2.05) is 0 Å². The molecule has 4 rings (SSSR count). The van der Waals surface area contributed by atoms with E-state index in [0.29, 0.717) is 47.7 Å². The van der Waals surface area contributed by atoms with Crippen molar-refractivity contribution < 1.29 is 22.7 Å². The third kappa shape index (κ3) is 4.09. The van der Waals surface area contributed by atoms with Gasteiger partial charge in [-0.3, -0.25) is 4.79 Å². The summed E-state index contributed by atoms with van der Waals surface area (Å²) in [4.78, 5) is 12.7. The van der Waals surface area contributed by atoms with Gasteiger partial charge in [0.05, 0.1) is 4.90 Å². The largest absolute Gasteiger partial charge is 0.454 e. The molecule has 7 nitrogen and oxygen atoms in total. The van der Waals surface area contributed by atoms with Crippen molar-refractivity contribution in [1.29, 1.82) is 0 Å². The molecule has 2 heterocycles. The molecule has 0 saturated carbocycles. The summed E-state index contributed by atoms with van der Waals surface area (Å²) in [5.74, 6) is 1.52. The highest BCUT2D eigenvalue weighted by Crippen LogP contribution is 2.33. The molecule has 1 N–H and O–H groups in total. The summed E-state index contributed by atoms with van der Waals surface area (Å²) in [5, 5.41) is 2.78. The first-order valence-electron chi connectivity index (χ1n) is 9.64. The minimum atomic E-state index is -3.54. The van der Waals surface area contributed by atoms with Crippen LogP contribution in [-0.4, -0.2) is 38.5 Å². The number of amides is 1.